The Morgan fingerprint density at radius 2 is 2.36 bits per heavy atom. The zero-order valence-electron chi connectivity index (χ0n) is 8.34. The van der Waals surface area contributed by atoms with Crippen LogP contribution in [-0.4, -0.2) is 20.9 Å². The van der Waals surface area contributed by atoms with Crippen LogP contribution >= 0.6 is 0 Å². The summed E-state index contributed by atoms with van der Waals surface area (Å²) in [6.07, 6.45) is 2.25. The highest BCUT2D eigenvalue weighted by molar-refractivity contribution is 5.78. The lowest BCUT2D eigenvalue weighted by Crippen LogP contribution is -2.26. The van der Waals surface area contributed by atoms with E-state index in [4.69, 9.17) is 11.5 Å². The molecule has 0 aliphatic rings. The van der Waals surface area contributed by atoms with Gasteiger partial charge in [0.25, 0.3) is 0 Å². The first kappa shape index (κ1) is 10.6. The quantitative estimate of drug-likeness (QED) is 0.694. The molecule has 1 heterocycles. The van der Waals surface area contributed by atoms with Crippen molar-refractivity contribution in [3.05, 3.63) is 11.9 Å². The van der Waals surface area contributed by atoms with Crippen molar-refractivity contribution >= 4 is 5.91 Å². The molecule has 0 radical (unpaired) electrons. The van der Waals surface area contributed by atoms with Crippen molar-refractivity contribution < 1.29 is 4.79 Å². The molecular formula is C8H15N5O. The zero-order valence-corrected chi connectivity index (χ0v) is 8.34. The summed E-state index contributed by atoms with van der Waals surface area (Å²) in [7, 11) is 0. The fourth-order valence-electron chi connectivity index (χ4n) is 1.17. The Morgan fingerprint density at radius 1 is 1.71 bits per heavy atom. The van der Waals surface area contributed by atoms with E-state index in [9.17, 15) is 4.79 Å². The molecule has 6 heteroatoms. The first-order chi connectivity index (χ1) is 6.56. The van der Waals surface area contributed by atoms with Crippen LogP contribution in [0.2, 0.25) is 0 Å². The maximum atomic E-state index is 11.0. The number of nitrogens with two attached hydrogens (primary N) is 2. The minimum atomic E-state index is -0.435. The van der Waals surface area contributed by atoms with Crippen molar-refractivity contribution in [3.63, 3.8) is 0 Å². The number of rotatable bonds is 4. The number of aromatic nitrogens is 3. The summed E-state index contributed by atoms with van der Waals surface area (Å²) < 4.78 is 1.46. The summed E-state index contributed by atoms with van der Waals surface area (Å²) in [5, 5.41) is 7.66. The van der Waals surface area contributed by atoms with E-state index >= 15 is 0 Å². The molecule has 4 N–H and O–H groups in total. The lowest BCUT2D eigenvalue weighted by Gasteiger charge is -2.09. The second-order valence-electron chi connectivity index (χ2n) is 3.24. The molecule has 0 aliphatic carbocycles. The van der Waals surface area contributed by atoms with Gasteiger partial charge < -0.3 is 11.5 Å². The van der Waals surface area contributed by atoms with Crippen molar-refractivity contribution in [2.45, 2.75) is 32.4 Å². The van der Waals surface area contributed by atoms with Crippen LogP contribution in [0.15, 0.2) is 6.20 Å². The highest BCUT2D eigenvalue weighted by Crippen LogP contribution is 2.11. The van der Waals surface area contributed by atoms with Gasteiger partial charge in [0, 0.05) is 6.04 Å². The number of hydrogen-bond donors (Lipinski definition) is 2. The maximum Gasteiger partial charge on any atom is 0.242 e. The Kier molecular flexibility index (Phi) is 3.19. The van der Waals surface area contributed by atoms with Crippen LogP contribution in [0.3, 0.4) is 0 Å². The third-order valence-corrected chi connectivity index (χ3v) is 2.03. The highest BCUT2D eigenvalue weighted by atomic mass is 16.1. The molecule has 0 spiro atoms. The maximum absolute atomic E-state index is 11.0. The van der Waals surface area contributed by atoms with Gasteiger partial charge in [-0.25, -0.2) is 4.68 Å². The van der Waals surface area contributed by atoms with Gasteiger partial charge in [-0.05, 0) is 13.3 Å². The number of carbonyl (C=O) groups is 1. The molecule has 0 saturated heterocycles. The summed E-state index contributed by atoms with van der Waals surface area (Å²) in [6.45, 7) is 3.67. The second kappa shape index (κ2) is 4.19. The van der Waals surface area contributed by atoms with E-state index in [-0.39, 0.29) is 6.04 Å². The normalized spacial score (nSPS) is 15.1. The number of hydrogen-bond acceptors (Lipinski definition) is 4. The Morgan fingerprint density at radius 3 is 2.71 bits per heavy atom. The molecule has 78 valence electrons. The first-order valence-corrected chi connectivity index (χ1v) is 4.52. The molecule has 1 aromatic rings. The average molecular weight is 197 g/mol. The minimum Gasteiger partial charge on any atom is -0.368 e. The Hall–Kier alpha value is -1.43. The van der Waals surface area contributed by atoms with Crippen LogP contribution in [-0.2, 0) is 4.79 Å². The highest BCUT2D eigenvalue weighted by Gasteiger charge is 2.17. The van der Waals surface area contributed by atoms with Crippen LogP contribution in [0.25, 0.3) is 0 Å². The van der Waals surface area contributed by atoms with Crippen molar-refractivity contribution in [1.82, 2.24) is 15.0 Å². The van der Waals surface area contributed by atoms with Crippen molar-refractivity contribution in [1.29, 1.82) is 0 Å². The Bertz CT molecular complexity index is 319. The van der Waals surface area contributed by atoms with E-state index in [1.54, 1.807) is 13.1 Å². The Balaban J connectivity index is 2.89. The van der Waals surface area contributed by atoms with Gasteiger partial charge in [-0.2, -0.15) is 0 Å². The van der Waals surface area contributed by atoms with E-state index in [2.05, 4.69) is 10.3 Å². The molecule has 1 amide bonds. The SMILES string of the molecule is CCC(C(N)=O)n1cc(C(C)N)nn1. The van der Waals surface area contributed by atoms with E-state index in [0.717, 1.165) is 0 Å². The van der Waals surface area contributed by atoms with Gasteiger partial charge in [0.15, 0.2) is 0 Å². The summed E-state index contributed by atoms with van der Waals surface area (Å²) in [6, 6.07) is -0.621. The number of amides is 1. The lowest BCUT2D eigenvalue weighted by atomic mass is 10.2. The molecular weight excluding hydrogens is 182 g/mol. The van der Waals surface area contributed by atoms with Gasteiger partial charge in [0.1, 0.15) is 6.04 Å². The molecule has 0 bridgehead atoms. The lowest BCUT2D eigenvalue weighted by molar-refractivity contribution is -0.121. The van der Waals surface area contributed by atoms with Crippen molar-refractivity contribution in [2.24, 2.45) is 11.5 Å². The van der Waals surface area contributed by atoms with E-state index < -0.39 is 11.9 Å². The molecule has 1 rings (SSSR count). The summed E-state index contributed by atoms with van der Waals surface area (Å²) in [4.78, 5) is 11.0. The number of nitrogens with zero attached hydrogens (tertiary/aromatic N) is 3. The predicted molar refractivity (Wildman–Crippen MR) is 51.1 cm³/mol. The third kappa shape index (κ3) is 2.08. The van der Waals surface area contributed by atoms with Gasteiger partial charge in [-0.3, -0.25) is 4.79 Å². The van der Waals surface area contributed by atoms with Gasteiger partial charge in [-0.1, -0.05) is 12.1 Å². The molecule has 0 fully saturated rings. The zero-order chi connectivity index (χ0) is 10.7. The number of primary amides is 1. The minimum absolute atomic E-state index is 0.186. The molecule has 14 heavy (non-hydrogen) atoms. The van der Waals surface area contributed by atoms with Crippen molar-refractivity contribution in [2.75, 3.05) is 0 Å². The molecule has 2 atom stereocenters. The van der Waals surface area contributed by atoms with Gasteiger partial charge in [-0.15, -0.1) is 5.10 Å². The monoisotopic (exact) mass is 197 g/mol. The summed E-state index contributed by atoms with van der Waals surface area (Å²) in [5.74, 6) is -0.409. The van der Waals surface area contributed by atoms with Crippen LogP contribution in [0.1, 0.15) is 38.0 Å². The van der Waals surface area contributed by atoms with E-state index in [0.29, 0.717) is 12.1 Å². The second-order valence-corrected chi connectivity index (χ2v) is 3.24. The van der Waals surface area contributed by atoms with Gasteiger partial charge in [0.05, 0.1) is 11.9 Å². The van der Waals surface area contributed by atoms with E-state index in [1.807, 2.05) is 6.92 Å². The molecule has 6 nitrogen and oxygen atoms in total. The van der Waals surface area contributed by atoms with Gasteiger partial charge in [0.2, 0.25) is 5.91 Å². The molecule has 0 saturated carbocycles. The predicted octanol–water partition coefficient (Wildman–Crippen LogP) is -0.266. The molecule has 2 unspecified atom stereocenters. The molecule has 0 aromatic carbocycles. The topological polar surface area (TPSA) is 99.8 Å². The fraction of sp³-hybridized carbons (Fsp3) is 0.625. The number of carbonyl (C=O) groups excluding carboxylic acids is 1. The van der Waals surface area contributed by atoms with Crippen LogP contribution in [0.5, 0.6) is 0 Å². The van der Waals surface area contributed by atoms with Gasteiger partial charge >= 0.3 is 0 Å². The van der Waals surface area contributed by atoms with Crippen LogP contribution < -0.4 is 11.5 Å². The largest absolute Gasteiger partial charge is 0.368 e. The third-order valence-electron chi connectivity index (χ3n) is 2.03. The molecule has 1 aromatic heterocycles. The standard InChI is InChI=1S/C8H15N5O/c1-3-7(8(10)14)13-4-6(5(2)9)11-12-13/h4-5,7H,3,9H2,1-2H3,(H2,10,14). The average Bonchev–Trinajstić information content (AvgIpc) is 2.53. The van der Waals surface area contributed by atoms with Crippen LogP contribution in [0, 0.1) is 0 Å². The fourth-order valence-corrected chi connectivity index (χ4v) is 1.17. The first-order valence-electron chi connectivity index (χ1n) is 4.52. The Labute approximate surface area is 82.3 Å². The summed E-state index contributed by atoms with van der Waals surface area (Å²) in [5.41, 5.74) is 11.5. The smallest absolute Gasteiger partial charge is 0.242 e. The summed E-state index contributed by atoms with van der Waals surface area (Å²) >= 11 is 0. The van der Waals surface area contributed by atoms with E-state index in [1.165, 1.54) is 4.68 Å². The molecule has 0 aliphatic heterocycles. The van der Waals surface area contributed by atoms with Crippen molar-refractivity contribution in [3.8, 4) is 0 Å². The van der Waals surface area contributed by atoms with Crippen LogP contribution in [0.4, 0.5) is 0 Å².